The molecule has 0 aromatic carbocycles. The van der Waals surface area contributed by atoms with Crippen molar-refractivity contribution in [2.24, 2.45) is 35.5 Å². The molecule has 0 aliphatic heterocycles. The highest BCUT2D eigenvalue weighted by Gasteiger charge is 2.17. The van der Waals surface area contributed by atoms with Crippen LogP contribution in [0.25, 0.3) is 0 Å². The standard InChI is InChI=1S/C31H63BrO2/c1-8-9-10-11-12-18-33-25-34-19-14-16-27(3)21-29(5)23-31(7)24-30(6)22-28(4)20-26(2)15-13-17-32/h26-31H,8-25H2,1-7H3. The highest BCUT2D eigenvalue weighted by atomic mass is 79.9. The monoisotopic (exact) mass is 546 g/mol. The minimum atomic E-state index is 0.475. The second-order valence-corrected chi connectivity index (χ2v) is 12.9. The second-order valence-electron chi connectivity index (χ2n) is 12.1. The summed E-state index contributed by atoms with van der Waals surface area (Å²) < 4.78 is 11.3. The molecule has 0 saturated heterocycles. The molecule has 0 rings (SSSR count). The van der Waals surface area contributed by atoms with Gasteiger partial charge in [0.2, 0.25) is 0 Å². The van der Waals surface area contributed by atoms with Gasteiger partial charge in [0.05, 0.1) is 0 Å². The van der Waals surface area contributed by atoms with Gasteiger partial charge < -0.3 is 9.47 Å². The molecule has 0 fully saturated rings. The van der Waals surface area contributed by atoms with Gasteiger partial charge in [0.15, 0.2) is 0 Å². The average molecular weight is 548 g/mol. The number of rotatable bonds is 25. The van der Waals surface area contributed by atoms with E-state index in [0.29, 0.717) is 6.79 Å². The largest absolute Gasteiger partial charge is 0.355 e. The normalized spacial score (nSPS) is 17.3. The molecule has 0 spiro atoms. The summed E-state index contributed by atoms with van der Waals surface area (Å²) in [5.41, 5.74) is 0. The summed E-state index contributed by atoms with van der Waals surface area (Å²) in [5.74, 6) is 5.06. The van der Waals surface area contributed by atoms with Crippen LogP contribution in [-0.4, -0.2) is 25.3 Å². The van der Waals surface area contributed by atoms with Crippen LogP contribution < -0.4 is 0 Å². The zero-order valence-electron chi connectivity index (χ0n) is 24.4. The van der Waals surface area contributed by atoms with Crippen LogP contribution >= 0.6 is 15.9 Å². The number of hydrogen-bond donors (Lipinski definition) is 0. The van der Waals surface area contributed by atoms with Gasteiger partial charge in [-0.25, -0.2) is 0 Å². The quantitative estimate of drug-likeness (QED) is 0.0643. The van der Waals surface area contributed by atoms with Crippen LogP contribution in [0.4, 0.5) is 0 Å². The molecule has 6 atom stereocenters. The Morgan fingerprint density at radius 1 is 0.500 bits per heavy atom. The van der Waals surface area contributed by atoms with Crippen LogP contribution in [0, 0.1) is 35.5 Å². The van der Waals surface area contributed by atoms with Crippen LogP contribution in [-0.2, 0) is 9.47 Å². The highest BCUT2D eigenvalue weighted by Crippen LogP contribution is 2.29. The van der Waals surface area contributed by atoms with Crippen molar-refractivity contribution in [1.29, 1.82) is 0 Å². The smallest absolute Gasteiger partial charge is 0.146 e. The Balaban J connectivity index is 3.76. The van der Waals surface area contributed by atoms with Crippen molar-refractivity contribution in [2.75, 3.05) is 25.3 Å². The Morgan fingerprint density at radius 3 is 1.38 bits per heavy atom. The molecule has 0 aliphatic carbocycles. The molecule has 0 saturated carbocycles. The van der Waals surface area contributed by atoms with Gasteiger partial charge >= 0.3 is 0 Å². The fourth-order valence-corrected chi connectivity index (χ4v) is 6.32. The van der Waals surface area contributed by atoms with Crippen molar-refractivity contribution in [3.05, 3.63) is 0 Å². The lowest BCUT2D eigenvalue weighted by molar-refractivity contribution is -0.0561. The Hall–Kier alpha value is 0.400. The number of unbranched alkanes of at least 4 members (excludes halogenated alkanes) is 4. The third-order valence-electron chi connectivity index (χ3n) is 7.40. The van der Waals surface area contributed by atoms with Crippen molar-refractivity contribution in [3.8, 4) is 0 Å². The van der Waals surface area contributed by atoms with E-state index in [1.165, 1.54) is 83.5 Å². The fraction of sp³-hybridized carbons (Fsp3) is 1.00. The number of alkyl halides is 1. The first-order chi connectivity index (χ1) is 16.3. The van der Waals surface area contributed by atoms with Gasteiger partial charge in [0.1, 0.15) is 6.79 Å². The van der Waals surface area contributed by atoms with Crippen LogP contribution in [0.1, 0.15) is 138 Å². The van der Waals surface area contributed by atoms with Crippen LogP contribution in [0.5, 0.6) is 0 Å². The first kappa shape index (κ1) is 34.4. The molecule has 0 aromatic heterocycles. The van der Waals surface area contributed by atoms with E-state index in [2.05, 4.69) is 64.4 Å². The third-order valence-corrected chi connectivity index (χ3v) is 7.96. The van der Waals surface area contributed by atoms with Crippen molar-refractivity contribution in [1.82, 2.24) is 0 Å². The third kappa shape index (κ3) is 22.8. The summed E-state index contributed by atoms with van der Waals surface area (Å²) in [4.78, 5) is 0. The van der Waals surface area contributed by atoms with Gasteiger partial charge in [0, 0.05) is 18.5 Å². The molecule has 206 valence electrons. The van der Waals surface area contributed by atoms with Crippen molar-refractivity contribution in [3.63, 3.8) is 0 Å². The van der Waals surface area contributed by atoms with Crippen LogP contribution in [0.2, 0.25) is 0 Å². The summed E-state index contributed by atoms with van der Waals surface area (Å²) in [7, 11) is 0. The number of ether oxygens (including phenoxy) is 2. The summed E-state index contributed by atoms with van der Waals surface area (Å²) in [6.07, 6.45) is 18.5. The van der Waals surface area contributed by atoms with E-state index in [0.717, 1.165) is 60.5 Å². The Kier molecular flexibility index (Phi) is 24.1. The van der Waals surface area contributed by atoms with E-state index in [-0.39, 0.29) is 0 Å². The minimum Gasteiger partial charge on any atom is -0.355 e. The maximum absolute atomic E-state index is 5.68. The lowest BCUT2D eigenvalue weighted by Gasteiger charge is -2.25. The Bertz CT molecular complexity index is 416. The van der Waals surface area contributed by atoms with Crippen molar-refractivity contribution >= 4 is 15.9 Å². The van der Waals surface area contributed by atoms with Gasteiger partial charge in [-0.1, -0.05) is 90.1 Å². The molecule has 34 heavy (non-hydrogen) atoms. The maximum atomic E-state index is 5.68. The molecule has 0 aromatic rings. The van der Waals surface area contributed by atoms with E-state index in [4.69, 9.17) is 9.47 Å². The molecule has 0 N–H and O–H groups in total. The minimum absolute atomic E-state index is 0.475. The molecule has 3 heteroatoms. The fourth-order valence-electron chi connectivity index (χ4n) is 6.00. The molecule has 0 aliphatic rings. The van der Waals surface area contributed by atoms with Crippen LogP contribution in [0.15, 0.2) is 0 Å². The summed E-state index contributed by atoms with van der Waals surface area (Å²) in [6, 6.07) is 0. The van der Waals surface area contributed by atoms with E-state index in [9.17, 15) is 0 Å². The van der Waals surface area contributed by atoms with Crippen molar-refractivity contribution in [2.45, 2.75) is 138 Å². The van der Waals surface area contributed by atoms with Gasteiger partial charge in [0.25, 0.3) is 0 Å². The van der Waals surface area contributed by atoms with Gasteiger partial charge in [-0.15, -0.1) is 0 Å². The molecule has 0 amide bonds. The molecule has 0 heterocycles. The number of hydrogen-bond acceptors (Lipinski definition) is 2. The molecule has 2 nitrogen and oxygen atoms in total. The lowest BCUT2D eigenvalue weighted by atomic mass is 9.81. The first-order valence-corrected chi connectivity index (χ1v) is 16.1. The molecular formula is C31H63BrO2. The maximum Gasteiger partial charge on any atom is 0.146 e. The molecule has 6 unspecified atom stereocenters. The van der Waals surface area contributed by atoms with Crippen molar-refractivity contribution < 1.29 is 9.47 Å². The number of halogens is 1. The zero-order valence-corrected chi connectivity index (χ0v) is 26.0. The average Bonchev–Trinajstić information content (AvgIpc) is 2.75. The van der Waals surface area contributed by atoms with E-state index in [1.807, 2.05) is 0 Å². The highest BCUT2D eigenvalue weighted by molar-refractivity contribution is 9.09. The Morgan fingerprint density at radius 2 is 0.912 bits per heavy atom. The lowest BCUT2D eigenvalue weighted by Crippen LogP contribution is -2.13. The van der Waals surface area contributed by atoms with Gasteiger partial charge in [-0.05, 0) is 99.7 Å². The molecular weight excluding hydrogens is 484 g/mol. The van der Waals surface area contributed by atoms with E-state index < -0.39 is 0 Å². The second kappa shape index (κ2) is 23.8. The van der Waals surface area contributed by atoms with E-state index >= 15 is 0 Å². The summed E-state index contributed by atoms with van der Waals surface area (Å²) in [5, 5.41) is 1.15. The predicted octanol–water partition coefficient (Wildman–Crippen LogP) is 10.7. The zero-order chi connectivity index (χ0) is 25.6. The SMILES string of the molecule is CCCCCCCOCOCCCC(C)CC(C)CC(C)CC(C)CC(C)CC(C)CCCBr. The topological polar surface area (TPSA) is 18.5 Å². The Labute approximate surface area is 224 Å². The molecule has 0 bridgehead atoms. The molecule has 0 radical (unpaired) electrons. The predicted molar refractivity (Wildman–Crippen MR) is 156 cm³/mol. The summed E-state index contributed by atoms with van der Waals surface area (Å²) in [6.45, 7) is 19.2. The summed E-state index contributed by atoms with van der Waals surface area (Å²) >= 11 is 3.57. The van der Waals surface area contributed by atoms with Crippen LogP contribution in [0.3, 0.4) is 0 Å². The van der Waals surface area contributed by atoms with Gasteiger partial charge in [-0.3, -0.25) is 0 Å². The van der Waals surface area contributed by atoms with Gasteiger partial charge in [-0.2, -0.15) is 0 Å². The first-order valence-electron chi connectivity index (χ1n) is 15.0. The van der Waals surface area contributed by atoms with E-state index in [1.54, 1.807) is 0 Å².